The molecule has 7 heteroatoms. The van der Waals surface area contributed by atoms with Crippen LogP contribution in [0.4, 0.5) is 8.78 Å². The minimum absolute atomic E-state index is 0.0206. The smallest absolute Gasteiger partial charge is 0.387 e. The van der Waals surface area contributed by atoms with E-state index >= 15 is 0 Å². The Morgan fingerprint density at radius 3 is 2.57 bits per heavy atom. The molecule has 0 fully saturated rings. The SMILES string of the molecule is CCOc1ccc(C(=O)N/N=C\c2c(OC(F)F)ccc3ccccc23)cc1. The lowest BCUT2D eigenvalue weighted by Crippen LogP contribution is -2.17. The largest absolute Gasteiger partial charge is 0.494 e. The van der Waals surface area contributed by atoms with Crippen LogP contribution in [0.5, 0.6) is 11.5 Å². The Bertz CT molecular complexity index is 989. The highest BCUT2D eigenvalue weighted by Crippen LogP contribution is 2.27. The first-order valence-corrected chi connectivity index (χ1v) is 8.61. The summed E-state index contributed by atoms with van der Waals surface area (Å²) >= 11 is 0. The van der Waals surface area contributed by atoms with Gasteiger partial charge in [0.2, 0.25) is 0 Å². The summed E-state index contributed by atoms with van der Waals surface area (Å²) < 4.78 is 35.3. The predicted octanol–water partition coefficient (Wildman–Crippen LogP) is 4.60. The van der Waals surface area contributed by atoms with Crippen LogP contribution >= 0.6 is 0 Å². The lowest BCUT2D eigenvalue weighted by molar-refractivity contribution is -0.0498. The van der Waals surface area contributed by atoms with Crippen molar-refractivity contribution < 1.29 is 23.0 Å². The van der Waals surface area contributed by atoms with Crippen molar-refractivity contribution in [2.45, 2.75) is 13.5 Å². The first-order valence-electron chi connectivity index (χ1n) is 8.61. The number of hydrogen-bond donors (Lipinski definition) is 1. The molecule has 3 rings (SSSR count). The van der Waals surface area contributed by atoms with Gasteiger partial charge in [0.05, 0.1) is 12.8 Å². The van der Waals surface area contributed by atoms with Crippen molar-refractivity contribution >= 4 is 22.9 Å². The number of nitrogens with zero attached hydrogens (tertiary/aromatic N) is 1. The normalized spacial score (nSPS) is 11.1. The van der Waals surface area contributed by atoms with E-state index in [-0.39, 0.29) is 5.75 Å². The average molecular weight is 384 g/mol. The van der Waals surface area contributed by atoms with Gasteiger partial charge < -0.3 is 9.47 Å². The number of ether oxygens (including phenoxy) is 2. The summed E-state index contributed by atoms with van der Waals surface area (Å²) in [6.07, 6.45) is 1.30. The summed E-state index contributed by atoms with van der Waals surface area (Å²) in [6, 6.07) is 16.9. The second kappa shape index (κ2) is 8.94. The molecular formula is C21H18F2N2O3. The highest BCUT2D eigenvalue weighted by atomic mass is 19.3. The van der Waals surface area contributed by atoms with E-state index in [1.807, 2.05) is 19.1 Å². The average Bonchev–Trinajstić information content (AvgIpc) is 2.69. The van der Waals surface area contributed by atoms with Gasteiger partial charge in [-0.2, -0.15) is 13.9 Å². The molecule has 0 aliphatic carbocycles. The Hall–Kier alpha value is -3.48. The monoisotopic (exact) mass is 384 g/mol. The van der Waals surface area contributed by atoms with Gasteiger partial charge in [-0.05, 0) is 48.0 Å². The van der Waals surface area contributed by atoms with Gasteiger partial charge in [0.25, 0.3) is 5.91 Å². The van der Waals surface area contributed by atoms with Crippen LogP contribution in [0, 0.1) is 0 Å². The van der Waals surface area contributed by atoms with Gasteiger partial charge in [-0.3, -0.25) is 4.79 Å². The molecule has 0 heterocycles. The van der Waals surface area contributed by atoms with E-state index in [4.69, 9.17) is 4.74 Å². The van der Waals surface area contributed by atoms with Crippen LogP contribution in [0.2, 0.25) is 0 Å². The zero-order valence-corrected chi connectivity index (χ0v) is 15.1. The summed E-state index contributed by atoms with van der Waals surface area (Å²) in [4.78, 5) is 12.2. The van der Waals surface area contributed by atoms with Gasteiger partial charge in [-0.1, -0.05) is 30.3 Å². The van der Waals surface area contributed by atoms with Crippen LogP contribution in [0.3, 0.4) is 0 Å². The number of carbonyl (C=O) groups excluding carboxylic acids is 1. The van der Waals surface area contributed by atoms with Crippen LogP contribution in [0.1, 0.15) is 22.8 Å². The number of hydrogen-bond acceptors (Lipinski definition) is 4. The van der Waals surface area contributed by atoms with Gasteiger partial charge in [-0.25, -0.2) is 5.43 Å². The minimum Gasteiger partial charge on any atom is -0.494 e. The molecule has 0 spiro atoms. The van der Waals surface area contributed by atoms with Crippen molar-refractivity contribution in [1.82, 2.24) is 5.43 Å². The molecule has 0 aliphatic rings. The predicted molar refractivity (Wildman–Crippen MR) is 103 cm³/mol. The summed E-state index contributed by atoms with van der Waals surface area (Å²) in [5, 5.41) is 5.43. The molecule has 1 amide bonds. The zero-order chi connectivity index (χ0) is 19.9. The van der Waals surface area contributed by atoms with Crippen molar-refractivity contribution in [2.75, 3.05) is 6.61 Å². The Kier molecular flexibility index (Phi) is 6.16. The number of fused-ring (bicyclic) bond motifs is 1. The summed E-state index contributed by atoms with van der Waals surface area (Å²) in [7, 11) is 0. The number of benzene rings is 3. The van der Waals surface area contributed by atoms with Crippen LogP contribution in [-0.2, 0) is 0 Å². The Morgan fingerprint density at radius 2 is 1.86 bits per heavy atom. The maximum absolute atomic E-state index is 12.7. The third kappa shape index (κ3) is 4.62. The zero-order valence-electron chi connectivity index (χ0n) is 15.1. The Balaban J connectivity index is 1.81. The van der Waals surface area contributed by atoms with Crippen molar-refractivity contribution in [1.29, 1.82) is 0 Å². The molecule has 0 aliphatic heterocycles. The topological polar surface area (TPSA) is 59.9 Å². The molecule has 1 N–H and O–H groups in total. The third-order valence-electron chi connectivity index (χ3n) is 3.93. The van der Waals surface area contributed by atoms with E-state index in [9.17, 15) is 13.6 Å². The second-order valence-electron chi connectivity index (χ2n) is 5.73. The number of alkyl halides is 2. The number of hydrazone groups is 1. The fourth-order valence-corrected chi connectivity index (χ4v) is 2.70. The number of nitrogens with one attached hydrogen (secondary N) is 1. The summed E-state index contributed by atoms with van der Waals surface area (Å²) in [5.74, 6) is 0.204. The maximum atomic E-state index is 12.7. The van der Waals surface area contributed by atoms with Gasteiger partial charge >= 0.3 is 6.61 Å². The van der Waals surface area contributed by atoms with Gasteiger partial charge in [0.15, 0.2) is 0 Å². The molecule has 0 saturated heterocycles. The second-order valence-corrected chi connectivity index (χ2v) is 5.73. The molecule has 144 valence electrons. The molecule has 3 aromatic rings. The van der Waals surface area contributed by atoms with E-state index in [2.05, 4.69) is 15.3 Å². The van der Waals surface area contributed by atoms with E-state index < -0.39 is 12.5 Å². The molecule has 0 unspecified atom stereocenters. The Labute approximate surface area is 160 Å². The minimum atomic E-state index is -2.97. The first-order chi connectivity index (χ1) is 13.6. The summed E-state index contributed by atoms with van der Waals surface area (Å²) in [6.45, 7) is -0.565. The number of halogens is 2. The number of amides is 1. The molecule has 5 nitrogen and oxygen atoms in total. The maximum Gasteiger partial charge on any atom is 0.387 e. The van der Waals surface area contributed by atoms with Crippen molar-refractivity contribution in [3.05, 3.63) is 71.8 Å². The standard InChI is InChI=1S/C21H18F2N2O3/c1-2-27-16-10-7-15(8-11-16)20(26)25-24-13-18-17-6-4-3-5-14(17)9-12-19(18)28-21(22)23/h3-13,21H,2H2,1H3,(H,25,26)/b24-13-. The van der Waals surface area contributed by atoms with E-state index in [0.29, 0.717) is 28.9 Å². The lowest BCUT2D eigenvalue weighted by Gasteiger charge is -2.10. The lowest BCUT2D eigenvalue weighted by atomic mass is 10.0. The molecule has 0 radical (unpaired) electrons. The highest BCUT2D eigenvalue weighted by Gasteiger charge is 2.12. The van der Waals surface area contributed by atoms with Crippen molar-refractivity contribution in [3.63, 3.8) is 0 Å². The van der Waals surface area contributed by atoms with E-state index in [1.165, 1.54) is 12.3 Å². The van der Waals surface area contributed by atoms with Gasteiger partial charge in [0, 0.05) is 11.1 Å². The Morgan fingerprint density at radius 1 is 1.11 bits per heavy atom. The van der Waals surface area contributed by atoms with Crippen molar-refractivity contribution in [3.8, 4) is 11.5 Å². The van der Waals surface area contributed by atoms with Crippen LogP contribution in [-0.4, -0.2) is 25.3 Å². The molecule has 0 aromatic heterocycles. The number of carbonyl (C=O) groups is 1. The fraction of sp³-hybridized carbons (Fsp3) is 0.143. The molecule has 3 aromatic carbocycles. The van der Waals surface area contributed by atoms with Gasteiger partial charge in [0.1, 0.15) is 11.5 Å². The summed E-state index contributed by atoms with van der Waals surface area (Å²) in [5.41, 5.74) is 3.13. The molecule has 0 atom stereocenters. The fourth-order valence-electron chi connectivity index (χ4n) is 2.70. The van der Waals surface area contributed by atoms with E-state index in [1.54, 1.807) is 42.5 Å². The quantitative estimate of drug-likeness (QED) is 0.478. The van der Waals surface area contributed by atoms with Crippen LogP contribution in [0.15, 0.2) is 65.8 Å². The van der Waals surface area contributed by atoms with E-state index in [0.717, 1.165) is 5.39 Å². The van der Waals surface area contributed by atoms with Gasteiger partial charge in [-0.15, -0.1) is 0 Å². The molecule has 0 bridgehead atoms. The van der Waals surface area contributed by atoms with Crippen LogP contribution < -0.4 is 14.9 Å². The molecule has 0 saturated carbocycles. The third-order valence-corrected chi connectivity index (χ3v) is 3.93. The molecule has 28 heavy (non-hydrogen) atoms. The molecular weight excluding hydrogens is 366 g/mol. The van der Waals surface area contributed by atoms with Crippen molar-refractivity contribution in [2.24, 2.45) is 5.10 Å². The first kappa shape index (κ1) is 19.3. The highest BCUT2D eigenvalue weighted by molar-refractivity contribution is 6.03. The number of rotatable bonds is 7. The van der Waals surface area contributed by atoms with Crippen LogP contribution in [0.25, 0.3) is 10.8 Å².